The normalized spacial score (nSPS) is 10.6. The lowest BCUT2D eigenvalue weighted by atomic mass is 10.1. The highest BCUT2D eigenvalue weighted by Crippen LogP contribution is 1.98. The lowest BCUT2D eigenvalue weighted by molar-refractivity contribution is -0.122. The van der Waals surface area contributed by atoms with Crippen LogP contribution in [0.2, 0.25) is 0 Å². The summed E-state index contributed by atoms with van der Waals surface area (Å²) >= 11 is 0. The van der Waals surface area contributed by atoms with Crippen LogP contribution in [0.3, 0.4) is 0 Å². The van der Waals surface area contributed by atoms with Gasteiger partial charge in [-0.1, -0.05) is 37.3 Å². The molecule has 0 aromatic heterocycles. The molecule has 0 aliphatic carbocycles. The Morgan fingerprint density at radius 3 is 2.67 bits per heavy atom. The molecule has 1 aromatic rings. The van der Waals surface area contributed by atoms with Crippen molar-refractivity contribution < 1.29 is 4.79 Å². The quantitative estimate of drug-likeness (QED) is 0.710. The van der Waals surface area contributed by atoms with Gasteiger partial charge in [0.15, 0.2) is 0 Å². The average molecular weight is 249 g/mol. The van der Waals surface area contributed by atoms with Gasteiger partial charge in [-0.3, -0.25) is 9.69 Å². The largest absolute Gasteiger partial charge is 0.355 e. The van der Waals surface area contributed by atoms with Gasteiger partial charge >= 0.3 is 0 Å². The average Bonchev–Trinajstić information content (AvgIpc) is 2.39. The summed E-state index contributed by atoms with van der Waals surface area (Å²) in [5.41, 5.74) is 6.73. The molecule has 0 bridgehead atoms. The highest BCUT2D eigenvalue weighted by atomic mass is 16.2. The zero-order valence-electron chi connectivity index (χ0n) is 11.1. The molecule has 0 aliphatic heterocycles. The van der Waals surface area contributed by atoms with E-state index in [-0.39, 0.29) is 5.91 Å². The molecule has 1 amide bonds. The first-order chi connectivity index (χ1) is 8.76. The summed E-state index contributed by atoms with van der Waals surface area (Å²) in [6.45, 7) is 5.36. The molecule has 0 heterocycles. The Morgan fingerprint density at radius 1 is 1.33 bits per heavy atom. The second-order valence-corrected chi connectivity index (χ2v) is 4.24. The minimum Gasteiger partial charge on any atom is -0.355 e. The summed E-state index contributed by atoms with van der Waals surface area (Å²) in [7, 11) is 0. The van der Waals surface area contributed by atoms with Crippen LogP contribution in [-0.2, 0) is 11.2 Å². The van der Waals surface area contributed by atoms with Crippen molar-refractivity contribution >= 4 is 5.91 Å². The summed E-state index contributed by atoms with van der Waals surface area (Å²) in [5.74, 6) is 0.0706. The third-order valence-corrected chi connectivity index (χ3v) is 2.84. The van der Waals surface area contributed by atoms with Crippen molar-refractivity contribution in [3.05, 3.63) is 35.9 Å². The van der Waals surface area contributed by atoms with Gasteiger partial charge in [0.05, 0.1) is 6.54 Å². The first-order valence-corrected chi connectivity index (χ1v) is 6.49. The molecule has 0 unspecified atom stereocenters. The van der Waals surface area contributed by atoms with Crippen LogP contribution >= 0.6 is 0 Å². The Labute approximate surface area is 109 Å². The molecule has 0 saturated carbocycles. The molecule has 4 nitrogen and oxygen atoms in total. The highest BCUT2D eigenvalue weighted by molar-refractivity contribution is 5.78. The molecular formula is C14H23N3O. The van der Waals surface area contributed by atoms with Crippen molar-refractivity contribution in [3.8, 4) is 0 Å². The molecule has 4 heteroatoms. The van der Waals surface area contributed by atoms with Gasteiger partial charge in [-0.15, -0.1) is 0 Å². The molecule has 0 fully saturated rings. The predicted octanol–water partition coefficient (Wildman–Crippen LogP) is 0.626. The van der Waals surface area contributed by atoms with Crippen molar-refractivity contribution in [1.82, 2.24) is 10.2 Å². The smallest absolute Gasteiger partial charge is 0.234 e. The van der Waals surface area contributed by atoms with E-state index < -0.39 is 0 Å². The lowest BCUT2D eigenvalue weighted by Crippen LogP contribution is -2.40. The summed E-state index contributed by atoms with van der Waals surface area (Å²) in [6, 6.07) is 10.2. The lowest BCUT2D eigenvalue weighted by Gasteiger charge is -2.18. The number of hydrogen-bond donors (Lipinski definition) is 2. The zero-order valence-corrected chi connectivity index (χ0v) is 11.1. The van der Waals surface area contributed by atoms with Crippen LogP contribution in [0.1, 0.15) is 12.5 Å². The third-order valence-electron chi connectivity index (χ3n) is 2.84. The molecule has 0 spiro atoms. The fourth-order valence-electron chi connectivity index (χ4n) is 1.78. The Morgan fingerprint density at radius 2 is 2.06 bits per heavy atom. The van der Waals surface area contributed by atoms with E-state index in [0.717, 1.165) is 19.5 Å². The summed E-state index contributed by atoms with van der Waals surface area (Å²) < 4.78 is 0. The summed E-state index contributed by atoms with van der Waals surface area (Å²) in [4.78, 5) is 13.7. The maximum atomic E-state index is 11.7. The van der Waals surface area contributed by atoms with Gasteiger partial charge in [0, 0.05) is 19.6 Å². The van der Waals surface area contributed by atoms with Gasteiger partial charge in [0.2, 0.25) is 5.91 Å². The minimum atomic E-state index is 0.0706. The molecule has 0 radical (unpaired) electrons. The van der Waals surface area contributed by atoms with Gasteiger partial charge < -0.3 is 11.1 Å². The number of benzene rings is 1. The van der Waals surface area contributed by atoms with Crippen LogP contribution in [-0.4, -0.2) is 43.5 Å². The van der Waals surface area contributed by atoms with Crippen molar-refractivity contribution in [2.24, 2.45) is 5.73 Å². The van der Waals surface area contributed by atoms with Gasteiger partial charge in [-0.05, 0) is 18.5 Å². The van der Waals surface area contributed by atoms with Crippen molar-refractivity contribution in [2.75, 3.05) is 32.7 Å². The Bertz CT molecular complexity index is 340. The Balaban J connectivity index is 2.20. The highest BCUT2D eigenvalue weighted by Gasteiger charge is 2.07. The number of nitrogens with two attached hydrogens (primary N) is 1. The number of likely N-dealkylation sites (N-methyl/N-ethyl adjacent to an activating group) is 1. The van der Waals surface area contributed by atoms with Crippen LogP contribution in [0, 0.1) is 0 Å². The second kappa shape index (κ2) is 8.66. The van der Waals surface area contributed by atoms with E-state index in [0.29, 0.717) is 19.6 Å². The Hall–Kier alpha value is -1.39. The number of rotatable bonds is 8. The number of nitrogens with zero attached hydrogens (tertiary/aromatic N) is 1. The van der Waals surface area contributed by atoms with Gasteiger partial charge in [0.1, 0.15) is 0 Å². The standard InChI is InChI=1S/C14H23N3O/c1-2-17(11-9-15)12-14(18)16-10-8-13-6-4-3-5-7-13/h3-7H,2,8-12,15H2,1H3,(H,16,18). The van der Waals surface area contributed by atoms with E-state index in [2.05, 4.69) is 17.4 Å². The van der Waals surface area contributed by atoms with E-state index in [1.165, 1.54) is 5.56 Å². The molecule has 1 rings (SSSR count). The third kappa shape index (κ3) is 5.80. The molecule has 3 N–H and O–H groups in total. The van der Waals surface area contributed by atoms with Crippen LogP contribution in [0.4, 0.5) is 0 Å². The number of hydrogen-bond acceptors (Lipinski definition) is 3. The van der Waals surface area contributed by atoms with Crippen molar-refractivity contribution in [3.63, 3.8) is 0 Å². The van der Waals surface area contributed by atoms with Gasteiger partial charge in [0.25, 0.3) is 0 Å². The maximum absolute atomic E-state index is 11.7. The van der Waals surface area contributed by atoms with Crippen LogP contribution in [0.5, 0.6) is 0 Å². The molecule has 18 heavy (non-hydrogen) atoms. The van der Waals surface area contributed by atoms with Crippen LogP contribution in [0.15, 0.2) is 30.3 Å². The summed E-state index contributed by atoms with van der Waals surface area (Å²) in [6.07, 6.45) is 0.871. The SMILES string of the molecule is CCN(CCN)CC(=O)NCCc1ccccc1. The predicted molar refractivity (Wildman–Crippen MR) is 74.3 cm³/mol. The molecule has 0 aliphatic rings. The van der Waals surface area contributed by atoms with Gasteiger partial charge in [-0.2, -0.15) is 0 Å². The van der Waals surface area contributed by atoms with E-state index >= 15 is 0 Å². The molecule has 100 valence electrons. The molecular weight excluding hydrogens is 226 g/mol. The number of amides is 1. The fraction of sp³-hybridized carbons (Fsp3) is 0.500. The van der Waals surface area contributed by atoms with Crippen molar-refractivity contribution in [2.45, 2.75) is 13.3 Å². The molecule has 0 saturated heterocycles. The number of carbonyl (C=O) groups excluding carboxylic acids is 1. The van der Waals surface area contributed by atoms with Crippen LogP contribution < -0.4 is 11.1 Å². The Kier molecular flexibility index (Phi) is 7.06. The number of carbonyl (C=O) groups is 1. The monoisotopic (exact) mass is 249 g/mol. The van der Waals surface area contributed by atoms with Gasteiger partial charge in [-0.25, -0.2) is 0 Å². The van der Waals surface area contributed by atoms with E-state index in [1.54, 1.807) is 0 Å². The van der Waals surface area contributed by atoms with E-state index in [9.17, 15) is 4.79 Å². The fourth-order valence-corrected chi connectivity index (χ4v) is 1.78. The zero-order chi connectivity index (χ0) is 13.2. The summed E-state index contributed by atoms with van der Waals surface area (Å²) in [5, 5.41) is 2.93. The van der Waals surface area contributed by atoms with Crippen molar-refractivity contribution in [1.29, 1.82) is 0 Å². The molecule has 1 aromatic carbocycles. The minimum absolute atomic E-state index is 0.0706. The van der Waals surface area contributed by atoms with Crippen LogP contribution in [0.25, 0.3) is 0 Å². The second-order valence-electron chi connectivity index (χ2n) is 4.24. The first-order valence-electron chi connectivity index (χ1n) is 6.49. The van der Waals surface area contributed by atoms with E-state index in [4.69, 9.17) is 5.73 Å². The molecule has 0 atom stereocenters. The van der Waals surface area contributed by atoms with E-state index in [1.807, 2.05) is 30.0 Å². The first kappa shape index (κ1) is 14.7. The maximum Gasteiger partial charge on any atom is 0.234 e. The number of nitrogens with one attached hydrogen (secondary N) is 1. The topological polar surface area (TPSA) is 58.4 Å².